The molecule has 0 aromatic heterocycles. The normalized spacial score (nSPS) is 11.3. The summed E-state index contributed by atoms with van der Waals surface area (Å²) in [5, 5.41) is 27.3. The molecule has 56 valence electrons. The number of hydrogen-bond acceptors (Lipinski definition) is 5. The van der Waals surface area contributed by atoms with E-state index >= 15 is 0 Å². The van der Waals surface area contributed by atoms with Crippen LogP contribution in [0.3, 0.4) is 0 Å². The van der Waals surface area contributed by atoms with E-state index < -0.39 is 6.29 Å². The average molecular weight is 135 g/mol. The molecule has 0 heterocycles. The Labute approximate surface area is 53.3 Å². The number of aliphatic hydroxyl groups is 2. The van der Waals surface area contributed by atoms with Crippen LogP contribution in [0.5, 0.6) is 0 Å². The molecule has 0 aromatic carbocycles. The van der Waals surface area contributed by atoms with Crippen molar-refractivity contribution < 1.29 is 10.2 Å². The molecular formula is C4H11N2O3-. The molecule has 4 N–H and O–H groups in total. The summed E-state index contributed by atoms with van der Waals surface area (Å²) in [5.41, 5.74) is 5.00. The predicted molar refractivity (Wildman–Crippen MR) is 32.2 cm³/mol. The van der Waals surface area contributed by atoms with Crippen LogP contribution in [0, 0.1) is 5.21 Å². The Hall–Kier alpha value is -0.200. The van der Waals surface area contributed by atoms with Crippen LogP contribution in [-0.2, 0) is 0 Å². The molecule has 9 heavy (non-hydrogen) atoms. The highest BCUT2D eigenvalue weighted by Gasteiger charge is 1.96. The van der Waals surface area contributed by atoms with Crippen LogP contribution in [0.15, 0.2) is 0 Å². The molecule has 0 rings (SSSR count). The third-order valence-electron chi connectivity index (χ3n) is 0.745. The maximum absolute atomic E-state index is 10.4. The topological polar surface area (TPSA) is 92.8 Å². The Bertz CT molecular complexity index is 68.8. The largest absolute Gasteiger partial charge is 0.785 e. The van der Waals surface area contributed by atoms with E-state index in [1.54, 1.807) is 0 Å². The molecule has 0 saturated heterocycles. The van der Waals surface area contributed by atoms with E-state index in [0.717, 1.165) is 0 Å². The number of hydroxylamine groups is 2. The highest BCUT2D eigenvalue weighted by atomic mass is 16.5. The van der Waals surface area contributed by atoms with E-state index in [1.165, 1.54) is 0 Å². The van der Waals surface area contributed by atoms with Crippen molar-refractivity contribution in [2.45, 2.75) is 6.29 Å². The molecule has 0 aliphatic carbocycles. The minimum absolute atomic E-state index is 0.137. The van der Waals surface area contributed by atoms with Crippen LogP contribution in [0.1, 0.15) is 0 Å². The van der Waals surface area contributed by atoms with Gasteiger partial charge in [0, 0.05) is 13.1 Å². The molecule has 0 radical (unpaired) electrons. The van der Waals surface area contributed by atoms with Gasteiger partial charge in [-0.25, -0.2) is 0 Å². The molecule has 0 aliphatic heterocycles. The average Bonchev–Trinajstić information content (AvgIpc) is 1.63. The summed E-state index contributed by atoms with van der Waals surface area (Å²) in [6, 6.07) is 0. The molecule has 0 saturated carbocycles. The number of rotatable bonds is 4. The third kappa shape index (κ3) is 5.67. The molecule has 0 amide bonds. The van der Waals surface area contributed by atoms with Gasteiger partial charge in [-0.3, -0.25) is 0 Å². The zero-order valence-corrected chi connectivity index (χ0v) is 5.03. The molecule has 0 spiro atoms. The van der Waals surface area contributed by atoms with Gasteiger partial charge in [0.2, 0.25) is 0 Å². The Kier molecular flexibility index (Phi) is 4.55. The highest BCUT2D eigenvalue weighted by molar-refractivity contribution is 4.57. The Morgan fingerprint density at radius 3 is 2.44 bits per heavy atom. The van der Waals surface area contributed by atoms with Gasteiger partial charge in [-0.05, 0) is 6.54 Å². The second kappa shape index (κ2) is 4.66. The van der Waals surface area contributed by atoms with Crippen molar-refractivity contribution in [3.8, 4) is 0 Å². The van der Waals surface area contributed by atoms with Gasteiger partial charge >= 0.3 is 0 Å². The monoisotopic (exact) mass is 135 g/mol. The van der Waals surface area contributed by atoms with Crippen molar-refractivity contribution in [3.63, 3.8) is 0 Å². The lowest BCUT2D eigenvalue weighted by molar-refractivity contribution is -0.0537. The fourth-order valence-electron chi connectivity index (χ4n) is 0.417. The molecular weight excluding hydrogens is 124 g/mol. The number of hydrogen-bond donors (Lipinski definition) is 3. The zero-order chi connectivity index (χ0) is 7.28. The van der Waals surface area contributed by atoms with Crippen LogP contribution in [0.4, 0.5) is 0 Å². The SMILES string of the molecule is NCCN([O-])CC(O)O. The first-order valence-electron chi connectivity index (χ1n) is 2.65. The van der Waals surface area contributed by atoms with Gasteiger partial charge in [-0.15, -0.1) is 0 Å². The molecule has 5 nitrogen and oxygen atoms in total. The summed E-state index contributed by atoms with van der Waals surface area (Å²) < 4.78 is 0. The van der Waals surface area contributed by atoms with Crippen molar-refractivity contribution in [3.05, 3.63) is 5.21 Å². The molecule has 0 unspecified atom stereocenters. The Balaban J connectivity index is 3.15. The van der Waals surface area contributed by atoms with E-state index in [9.17, 15) is 5.21 Å². The van der Waals surface area contributed by atoms with Gasteiger partial charge in [-0.2, -0.15) is 0 Å². The highest BCUT2D eigenvalue weighted by Crippen LogP contribution is 1.83. The quantitative estimate of drug-likeness (QED) is 0.308. The number of aliphatic hydroxyl groups excluding tert-OH is 1. The lowest BCUT2D eigenvalue weighted by atomic mass is 10.5. The summed E-state index contributed by atoms with van der Waals surface area (Å²) in [5.74, 6) is 0. The Morgan fingerprint density at radius 1 is 1.56 bits per heavy atom. The first-order valence-corrected chi connectivity index (χ1v) is 2.65. The van der Waals surface area contributed by atoms with Crippen molar-refractivity contribution in [2.75, 3.05) is 19.6 Å². The van der Waals surface area contributed by atoms with E-state index in [4.69, 9.17) is 15.9 Å². The smallest absolute Gasteiger partial charge is 0.163 e. The van der Waals surface area contributed by atoms with E-state index in [0.29, 0.717) is 5.06 Å². The molecule has 0 atom stereocenters. The summed E-state index contributed by atoms with van der Waals surface area (Å²) in [6.07, 6.45) is -1.56. The summed E-state index contributed by atoms with van der Waals surface area (Å²) >= 11 is 0. The summed E-state index contributed by atoms with van der Waals surface area (Å²) in [4.78, 5) is 0. The van der Waals surface area contributed by atoms with Crippen LogP contribution in [0.2, 0.25) is 0 Å². The molecule has 0 aliphatic rings. The molecule has 5 heteroatoms. The molecule has 0 aromatic rings. The van der Waals surface area contributed by atoms with Gasteiger partial charge < -0.3 is 26.2 Å². The fraction of sp³-hybridized carbons (Fsp3) is 1.00. The maximum Gasteiger partial charge on any atom is 0.163 e. The lowest BCUT2D eigenvalue weighted by Gasteiger charge is -2.27. The maximum atomic E-state index is 10.4. The van der Waals surface area contributed by atoms with E-state index in [2.05, 4.69) is 0 Å². The number of nitrogens with two attached hydrogens (primary N) is 1. The predicted octanol–water partition coefficient (Wildman–Crippen LogP) is -1.94. The molecule has 0 bridgehead atoms. The van der Waals surface area contributed by atoms with Gasteiger partial charge in [0.05, 0.1) is 0 Å². The van der Waals surface area contributed by atoms with E-state index in [1.807, 2.05) is 0 Å². The Morgan fingerprint density at radius 2 is 2.11 bits per heavy atom. The lowest BCUT2D eigenvalue weighted by Crippen LogP contribution is -2.31. The third-order valence-corrected chi connectivity index (χ3v) is 0.745. The van der Waals surface area contributed by atoms with Gasteiger partial charge in [0.15, 0.2) is 6.29 Å². The van der Waals surface area contributed by atoms with Gasteiger partial charge in [0.25, 0.3) is 0 Å². The van der Waals surface area contributed by atoms with Crippen LogP contribution >= 0.6 is 0 Å². The summed E-state index contributed by atoms with van der Waals surface area (Å²) in [7, 11) is 0. The number of nitrogens with zero attached hydrogens (tertiary/aromatic N) is 1. The van der Waals surface area contributed by atoms with Crippen molar-refractivity contribution in [1.82, 2.24) is 5.06 Å². The summed E-state index contributed by atoms with van der Waals surface area (Å²) in [6.45, 7) is 0.0744. The second-order valence-corrected chi connectivity index (χ2v) is 1.66. The van der Waals surface area contributed by atoms with Crippen LogP contribution in [-0.4, -0.2) is 41.2 Å². The minimum Gasteiger partial charge on any atom is -0.785 e. The van der Waals surface area contributed by atoms with Gasteiger partial charge in [-0.1, -0.05) is 0 Å². The second-order valence-electron chi connectivity index (χ2n) is 1.66. The van der Waals surface area contributed by atoms with Crippen molar-refractivity contribution in [1.29, 1.82) is 0 Å². The van der Waals surface area contributed by atoms with Crippen molar-refractivity contribution in [2.24, 2.45) is 5.73 Å². The minimum atomic E-state index is -1.56. The first-order chi connectivity index (χ1) is 4.16. The van der Waals surface area contributed by atoms with E-state index in [-0.39, 0.29) is 19.6 Å². The van der Waals surface area contributed by atoms with Crippen molar-refractivity contribution >= 4 is 0 Å². The van der Waals surface area contributed by atoms with Gasteiger partial charge in [0.1, 0.15) is 0 Å². The fourth-order valence-corrected chi connectivity index (χ4v) is 0.417. The molecule has 0 fully saturated rings. The van der Waals surface area contributed by atoms with Crippen LogP contribution < -0.4 is 5.73 Å². The van der Waals surface area contributed by atoms with Crippen LogP contribution in [0.25, 0.3) is 0 Å². The standard InChI is InChI=1S/C4H11N2O3/c5-1-2-6(9)3-4(7)8/h4,7-8H,1-3,5H2/q-1. The zero-order valence-electron chi connectivity index (χ0n) is 5.03. The first kappa shape index (κ1) is 8.80.